The molecule has 0 aromatic heterocycles. The molecule has 558 valence electrons. The number of carbonyl (C=O) groups is 4. The van der Waals surface area contributed by atoms with E-state index in [1.807, 2.05) is 0 Å². The number of rotatable bonds is 74. The van der Waals surface area contributed by atoms with E-state index in [9.17, 15) is 43.2 Å². The quantitative estimate of drug-likeness (QED) is 0.0222. The van der Waals surface area contributed by atoms with Gasteiger partial charge in [0.05, 0.1) is 26.4 Å². The maximum absolute atomic E-state index is 13.1. The second-order valence-electron chi connectivity index (χ2n) is 27.8. The Labute approximate surface area is 575 Å². The fourth-order valence-corrected chi connectivity index (χ4v) is 13.0. The lowest BCUT2D eigenvalue weighted by molar-refractivity contribution is -0.161. The third-order valence-electron chi connectivity index (χ3n) is 17.8. The van der Waals surface area contributed by atoms with Crippen molar-refractivity contribution in [1.29, 1.82) is 0 Å². The van der Waals surface area contributed by atoms with Crippen LogP contribution in [0.15, 0.2) is 0 Å². The predicted molar refractivity (Wildman–Crippen MR) is 381 cm³/mol. The van der Waals surface area contributed by atoms with E-state index < -0.39 is 97.5 Å². The maximum Gasteiger partial charge on any atom is 0.472 e. The second kappa shape index (κ2) is 66.9. The fourth-order valence-electron chi connectivity index (χ4n) is 11.4. The predicted octanol–water partition coefficient (Wildman–Crippen LogP) is 21.9. The first kappa shape index (κ1) is 92.1. The van der Waals surface area contributed by atoms with Gasteiger partial charge in [0, 0.05) is 25.7 Å². The van der Waals surface area contributed by atoms with E-state index in [0.717, 1.165) is 108 Å². The molecular weight excluding hydrogens is 1230 g/mol. The van der Waals surface area contributed by atoms with Crippen molar-refractivity contribution in [2.45, 2.75) is 407 Å². The Hall–Kier alpha value is -1.94. The van der Waals surface area contributed by atoms with Crippen molar-refractivity contribution in [3.63, 3.8) is 0 Å². The molecule has 0 saturated heterocycles. The Kier molecular flexibility index (Phi) is 65.5. The summed E-state index contributed by atoms with van der Waals surface area (Å²) in [7, 11) is -9.91. The van der Waals surface area contributed by atoms with Gasteiger partial charge in [0.25, 0.3) is 0 Å². The van der Waals surface area contributed by atoms with Crippen LogP contribution in [-0.4, -0.2) is 96.7 Å². The molecule has 0 fully saturated rings. The second-order valence-corrected chi connectivity index (χ2v) is 30.7. The van der Waals surface area contributed by atoms with Crippen LogP contribution in [0.4, 0.5) is 0 Å². The van der Waals surface area contributed by atoms with Gasteiger partial charge in [0.1, 0.15) is 19.3 Å². The van der Waals surface area contributed by atoms with E-state index in [1.54, 1.807) is 0 Å². The van der Waals surface area contributed by atoms with Crippen LogP contribution in [0, 0.1) is 11.8 Å². The van der Waals surface area contributed by atoms with E-state index in [0.29, 0.717) is 25.7 Å². The topological polar surface area (TPSA) is 237 Å². The van der Waals surface area contributed by atoms with Gasteiger partial charge in [0.2, 0.25) is 0 Å². The lowest BCUT2D eigenvalue weighted by atomic mass is 10.00. The molecule has 0 aliphatic carbocycles. The molecule has 0 aliphatic heterocycles. The van der Waals surface area contributed by atoms with Crippen LogP contribution in [0.1, 0.15) is 388 Å². The largest absolute Gasteiger partial charge is 0.472 e. The lowest BCUT2D eigenvalue weighted by Gasteiger charge is -2.21. The van der Waals surface area contributed by atoms with Gasteiger partial charge >= 0.3 is 39.5 Å². The molecule has 94 heavy (non-hydrogen) atoms. The van der Waals surface area contributed by atoms with Gasteiger partial charge in [-0.1, -0.05) is 337 Å². The van der Waals surface area contributed by atoms with Gasteiger partial charge in [-0.05, 0) is 37.5 Å². The van der Waals surface area contributed by atoms with E-state index in [1.165, 1.54) is 199 Å². The Balaban J connectivity index is 5.19. The first-order valence-corrected chi connectivity index (χ1v) is 42.0. The molecule has 0 aliphatic rings. The van der Waals surface area contributed by atoms with Crippen molar-refractivity contribution in [2.75, 3.05) is 39.6 Å². The third-order valence-corrected chi connectivity index (χ3v) is 19.7. The smallest absolute Gasteiger partial charge is 0.462 e. The molecule has 17 nitrogen and oxygen atoms in total. The summed E-state index contributed by atoms with van der Waals surface area (Å²) in [5, 5.41) is 10.6. The minimum Gasteiger partial charge on any atom is -0.462 e. The van der Waals surface area contributed by atoms with Crippen molar-refractivity contribution in [1.82, 2.24) is 0 Å². The number of ether oxygens (including phenoxy) is 4. The standard InChI is InChI=1S/C75H146O17P2/c1-7-10-12-14-16-18-20-31-34-38-45-51-57-72(77)85-63-70(91-75(80)60-54-48-40-36-32-28-26-24-22-21-23-25-27-30-33-37-43-49-55-67(4)5)65-89-93(81,82)87-61-69(76)62-88-94(83,84)90-66-71(64-86-73(78)58-52-46-42-41-44-50-56-68(6)9-3)92-74(79)59-53-47-39-35-29-19-17-15-13-11-8-2/h67-71,76H,7-66H2,1-6H3,(H,81,82)(H,83,84)/t68?,69-,70-,71-/m1/s1. The first-order valence-electron chi connectivity index (χ1n) is 39.0. The summed E-state index contributed by atoms with van der Waals surface area (Å²) in [6.07, 6.45) is 54.1. The maximum atomic E-state index is 13.1. The van der Waals surface area contributed by atoms with E-state index in [4.69, 9.17) is 37.0 Å². The van der Waals surface area contributed by atoms with Crippen molar-refractivity contribution in [3.05, 3.63) is 0 Å². The van der Waals surface area contributed by atoms with Crippen LogP contribution in [0.2, 0.25) is 0 Å². The molecule has 0 aromatic rings. The SMILES string of the molecule is CCCCCCCCCCCCCCC(=O)OC[C@H](COP(=O)(O)OC[C@@H](O)COP(=O)(O)OC[C@@H](COC(=O)CCCCCCCCC(C)CC)OC(=O)CCCCCCCCCCCCC)OC(=O)CCCCCCCCCCCCCCCCCCCCC(C)C. The highest BCUT2D eigenvalue weighted by molar-refractivity contribution is 7.47. The number of phosphoric ester groups is 2. The highest BCUT2D eigenvalue weighted by Crippen LogP contribution is 2.45. The minimum absolute atomic E-state index is 0.106. The molecule has 0 saturated carbocycles. The molecule has 0 rings (SSSR count). The fraction of sp³-hybridized carbons (Fsp3) is 0.947. The summed E-state index contributed by atoms with van der Waals surface area (Å²) in [4.78, 5) is 72.7. The van der Waals surface area contributed by atoms with Crippen molar-refractivity contribution in [2.24, 2.45) is 11.8 Å². The summed E-state index contributed by atoms with van der Waals surface area (Å²) in [6, 6.07) is 0. The molecule has 0 radical (unpaired) electrons. The van der Waals surface area contributed by atoms with E-state index in [2.05, 4.69) is 41.5 Å². The molecular formula is C75H146O17P2. The molecule has 0 spiro atoms. The Bertz CT molecular complexity index is 1820. The summed E-state index contributed by atoms with van der Waals surface area (Å²) in [5.41, 5.74) is 0. The Morgan fingerprint density at radius 3 is 0.809 bits per heavy atom. The number of hydrogen-bond donors (Lipinski definition) is 3. The number of phosphoric acid groups is 2. The zero-order valence-corrected chi connectivity index (χ0v) is 63.1. The number of aliphatic hydroxyl groups excluding tert-OH is 1. The zero-order valence-electron chi connectivity index (χ0n) is 61.3. The number of hydrogen-bond acceptors (Lipinski definition) is 15. The summed E-state index contributed by atoms with van der Waals surface area (Å²) in [5.74, 6) is -0.566. The lowest BCUT2D eigenvalue weighted by Crippen LogP contribution is -2.30. The van der Waals surface area contributed by atoms with Crippen LogP contribution in [-0.2, 0) is 65.4 Å². The summed E-state index contributed by atoms with van der Waals surface area (Å²) in [6.45, 7) is 9.58. The molecule has 3 unspecified atom stereocenters. The van der Waals surface area contributed by atoms with Crippen LogP contribution in [0.3, 0.4) is 0 Å². The molecule has 0 heterocycles. The Morgan fingerprint density at radius 2 is 0.543 bits per heavy atom. The average Bonchev–Trinajstić information content (AvgIpc) is 1.48. The van der Waals surface area contributed by atoms with Crippen LogP contribution in [0.5, 0.6) is 0 Å². The van der Waals surface area contributed by atoms with E-state index in [-0.39, 0.29) is 25.7 Å². The van der Waals surface area contributed by atoms with Gasteiger partial charge in [-0.15, -0.1) is 0 Å². The van der Waals surface area contributed by atoms with Gasteiger partial charge in [-0.3, -0.25) is 37.3 Å². The molecule has 0 aromatic carbocycles. The van der Waals surface area contributed by atoms with E-state index >= 15 is 0 Å². The van der Waals surface area contributed by atoms with Crippen molar-refractivity contribution in [3.8, 4) is 0 Å². The summed E-state index contributed by atoms with van der Waals surface area (Å²) < 4.78 is 68.4. The number of esters is 4. The zero-order chi connectivity index (χ0) is 69.3. The molecule has 19 heteroatoms. The van der Waals surface area contributed by atoms with Crippen LogP contribution >= 0.6 is 15.6 Å². The van der Waals surface area contributed by atoms with Crippen molar-refractivity contribution < 1.29 is 80.2 Å². The molecule has 3 N–H and O–H groups in total. The highest BCUT2D eigenvalue weighted by Gasteiger charge is 2.30. The molecule has 0 bridgehead atoms. The van der Waals surface area contributed by atoms with Crippen molar-refractivity contribution >= 4 is 39.5 Å². The molecule has 0 amide bonds. The number of unbranched alkanes of at least 4 members (excludes halogenated alkanes) is 43. The first-order chi connectivity index (χ1) is 45.4. The number of carbonyl (C=O) groups excluding carboxylic acids is 4. The van der Waals surface area contributed by atoms with Gasteiger partial charge in [0.15, 0.2) is 12.2 Å². The Morgan fingerprint density at radius 1 is 0.309 bits per heavy atom. The van der Waals surface area contributed by atoms with Gasteiger partial charge in [-0.2, -0.15) is 0 Å². The van der Waals surface area contributed by atoms with Gasteiger partial charge < -0.3 is 33.8 Å². The van der Waals surface area contributed by atoms with Crippen LogP contribution < -0.4 is 0 Å². The van der Waals surface area contributed by atoms with Gasteiger partial charge in [-0.25, -0.2) is 9.13 Å². The summed E-state index contributed by atoms with van der Waals surface area (Å²) >= 11 is 0. The monoisotopic (exact) mass is 1380 g/mol. The highest BCUT2D eigenvalue weighted by atomic mass is 31.2. The third kappa shape index (κ3) is 67.3. The minimum atomic E-state index is -4.96. The van der Waals surface area contributed by atoms with Crippen LogP contribution in [0.25, 0.3) is 0 Å². The number of aliphatic hydroxyl groups is 1. The molecule has 6 atom stereocenters. The average molecular weight is 1380 g/mol. The normalized spacial score (nSPS) is 14.3.